The first-order valence-electron chi connectivity index (χ1n) is 4.52. The maximum Gasteiger partial charge on any atom is 0.306 e. The Hall–Kier alpha value is -0.600. The van der Waals surface area contributed by atoms with Gasteiger partial charge in [0.25, 0.3) is 0 Å². The molecule has 2 nitrogen and oxygen atoms in total. The number of carboxylic acid groups (broad SMARTS) is 1. The summed E-state index contributed by atoms with van der Waals surface area (Å²) in [7, 11) is 0. The van der Waals surface area contributed by atoms with Crippen molar-refractivity contribution in [3.8, 4) is 0 Å². The molecule has 0 spiro atoms. The van der Waals surface area contributed by atoms with Crippen molar-refractivity contribution in [2.45, 2.75) is 51.6 Å². The van der Waals surface area contributed by atoms with Gasteiger partial charge >= 0.3 is 5.97 Å². The summed E-state index contributed by atoms with van der Waals surface area (Å²) in [4.78, 5) is 10.1. The molecule has 0 rings (SSSR count). The monoisotopic (exact) mass is 176 g/mol. The van der Waals surface area contributed by atoms with Crippen molar-refractivity contribution >= 4 is 5.97 Å². The summed E-state index contributed by atoms with van der Waals surface area (Å²) in [5, 5.41) is 8.25. The minimum Gasteiger partial charge on any atom is -0.481 e. The van der Waals surface area contributed by atoms with Crippen LogP contribution in [0.1, 0.15) is 45.4 Å². The van der Waals surface area contributed by atoms with E-state index in [0.29, 0.717) is 6.42 Å². The van der Waals surface area contributed by atoms with Gasteiger partial charge in [-0.3, -0.25) is 4.79 Å². The van der Waals surface area contributed by atoms with Crippen LogP contribution in [-0.4, -0.2) is 17.2 Å². The van der Waals surface area contributed by atoms with Crippen LogP contribution in [0.4, 0.5) is 4.39 Å². The van der Waals surface area contributed by atoms with E-state index in [0.717, 1.165) is 25.7 Å². The lowest BCUT2D eigenvalue weighted by Crippen LogP contribution is -2.07. The third kappa shape index (κ3) is 7.51. The standard InChI is InChI=1S/C9H17FO2/c1-2-3-4-5-6-8(10)7-9(11)12/h8H,2-7H2,1H3,(H,11,12)/t8-/m0/s1. The van der Waals surface area contributed by atoms with Crippen molar-refractivity contribution in [3.05, 3.63) is 0 Å². The number of carbonyl (C=O) groups is 1. The molecule has 1 atom stereocenters. The Bertz CT molecular complexity index is 126. The second-order valence-electron chi connectivity index (χ2n) is 3.04. The summed E-state index contributed by atoms with van der Waals surface area (Å²) < 4.78 is 12.7. The van der Waals surface area contributed by atoms with Crippen LogP contribution in [-0.2, 0) is 4.79 Å². The Kier molecular flexibility index (Phi) is 6.72. The molecule has 0 aliphatic carbocycles. The van der Waals surface area contributed by atoms with Gasteiger partial charge in [-0.1, -0.05) is 32.6 Å². The van der Waals surface area contributed by atoms with Crippen molar-refractivity contribution in [3.63, 3.8) is 0 Å². The highest BCUT2D eigenvalue weighted by Crippen LogP contribution is 2.10. The van der Waals surface area contributed by atoms with Gasteiger partial charge in [0.05, 0.1) is 6.42 Å². The van der Waals surface area contributed by atoms with E-state index in [1.165, 1.54) is 0 Å². The fraction of sp³-hybridized carbons (Fsp3) is 0.889. The third-order valence-electron chi connectivity index (χ3n) is 1.77. The van der Waals surface area contributed by atoms with E-state index in [9.17, 15) is 9.18 Å². The lowest BCUT2D eigenvalue weighted by atomic mass is 10.1. The fourth-order valence-electron chi connectivity index (χ4n) is 1.08. The molecule has 0 fully saturated rings. The molecule has 1 N–H and O–H groups in total. The quantitative estimate of drug-likeness (QED) is 0.605. The molecule has 12 heavy (non-hydrogen) atoms. The predicted octanol–water partition coefficient (Wildman–Crippen LogP) is 2.77. The average Bonchev–Trinajstić information content (AvgIpc) is 1.97. The summed E-state index contributed by atoms with van der Waals surface area (Å²) in [5.41, 5.74) is 0. The van der Waals surface area contributed by atoms with E-state index in [2.05, 4.69) is 6.92 Å². The number of unbranched alkanes of at least 4 members (excludes halogenated alkanes) is 3. The summed E-state index contributed by atoms with van der Waals surface area (Å²) >= 11 is 0. The van der Waals surface area contributed by atoms with Gasteiger partial charge in [0, 0.05) is 0 Å². The first kappa shape index (κ1) is 11.4. The lowest BCUT2D eigenvalue weighted by Gasteiger charge is -2.03. The van der Waals surface area contributed by atoms with Gasteiger partial charge in [-0.2, -0.15) is 0 Å². The van der Waals surface area contributed by atoms with Crippen LogP contribution < -0.4 is 0 Å². The minimum atomic E-state index is -1.15. The molecule has 3 heteroatoms. The average molecular weight is 176 g/mol. The van der Waals surface area contributed by atoms with Crippen LogP contribution in [0, 0.1) is 0 Å². The van der Waals surface area contributed by atoms with Gasteiger partial charge in [0.15, 0.2) is 0 Å². The molecule has 0 aliphatic heterocycles. The molecular weight excluding hydrogens is 159 g/mol. The van der Waals surface area contributed by atoms with Gasteiger partial charge in [0.1, 0.15) is 6.17 Å². The number of rotatable bonds is 7. The van der Waals surface area contributed by atoms with Crippen molar-refractivity contribution in [2.75, 3.05) is 0 Å². The topological polar surface area (TPSA) is 37.3 Å². The van der Waals surface area contributed by atoms with Gasteiger partial charge in [-0.25, -0.2) is 4.39 Å². The van der Waals surface area contributed by atoms with Crippen LogP contribution in [0.25, 0.3) is 0 Å². The molecule has 0 heterocycles. The van der Waals surface area contributed by atoms with E-state index >= 15 is 0 Å². The molecule has 0 radical (unpaired) electrons. The van der Waals surface area contributed by atoms with Crippen LogP contribution in [0.2, 0.25) is 0 Å². The van der Waals surface area contributed by atoms with Gasteiger partial charge in [0.2, 0.25) is 0 Å². The van der Waals surface area contributed by atoms with E-state index in [4.69, 9.17) is 5.11 Å². The molecule has 0 aromatic rings. The summed E-state index contributed by atoms with van der Waals surface area (Å²) in [6.07, 6.45) is 2.95. The van der Waals surface area contributed by atoms with Crippen molar-refractivity contribution in [1.82, 2.24) is 0 Å². The molecule has 0 saturated carbocycles. The molecule has 72 valence electrons. The molecule has 0 bridgehead atoms. The maximum atomic E-state index is 12.7. The van der Waals surface area contributed by atoms with Crippen LogP contribution in [0.15, 0.2) is 0 Å². The minimum absolute atomic E-state index is 0.341. The molecule has 0 saturated heterocycles. The Labute approximate surface area is 72.8 Å². The summed E-state index contributed by atoms with van der Waals surface area (Å²) in [6, 6.07) is 0. The second kappa shape index (κ2) is 7.07. The number of carboxylic acids is 1. The highest BCUT2D eigenvalue weighted by Gasteiger charge is 2.10. The van der Waals surface area contributed by atoms with Crippen LogP contribution >= 0.6 is 0 Å². The van der Waals surface area contributed by atoms with Gasteiger partial charge < -0.3 is 5.11 Å². The molecule has 0 aliphatic rings. The van der Waals surface area contributed by atoms with E-state index in [1.54, 1.807) is 0 Å². The highest BCUT2D eigenvalue weighted by molar-refractivity contribution is 5.67. The SMILES string of the molecule is CCCCCC[C@H](F)CC(=O)O. The molecule has 0 aromatic carbocycles. The zero-order valence-electron chi connectivity index (χ0n) is 7.55. The lowest BCUT2D eigenvalue weighted by molar-refractivity contribution is -0.138. The van der Waals surface area contributed by atoms with Gasteiger partial charge in [-0.15, -0.1) is 0 Å². The zero-order valence-corrected chi connectivity index (χ0v) is 7.55. The smallest absolute Gasteiger partial charge is 0.306 e. The largest absolute Gasteiger partial charge is 0.481 e. The maximum absolute atomic E-state index is 12.7. The summed E-state index contributed by atoms with van der Waals surface area (Å²) in [6.45, 7) is 2.09. The molecule has 0 amide bonds. The number of hydrogen-bond acceptors (Lipinski definition) is 1. The zero-order chi connectivity index (χ0) is 9.40. The van der Waals surface area contributed by atoms with Crippen LogP contribution in [0.5, 0.6) is 0 Å². The summed E-state index contributed by atoms with van der Waals surface area (Å²) in [5.74, 6) is -1.04. The van der Waals surface area contributed by atoms with Crippen molar-refractivity contribution in [2.24, 2.45) is 0 Å². The number of hydrogen-bond donors (Lipinski definition) is 1. The Morgan fingerprint density at radius 3 is 2.58 bits per heavy atom. The third-order valence-corrected chi connectivity index (χ3v) is 1.77. The Morgan fingerprint density at radius 2 is 2.08 bits per heavy atom. The van der Waals surface area contributed by atoms with Crippen LogP contribution in [0.3, 0.4) is 0 Å². The Balaban J connectivity index is 3.19. The number of aliphatic carboxylic acids is 1. The molecule has 0 unspecified atom stereocenters. The number of halogens is 1. The second-order valence-corrected chi connectivity index (χ2v) is 3.04. The predicted molar refractivity (Wildman–Crippen MR) is 45.9 cm³/mol. The molecule has 0 aromatic heterocycles. The first-order valence-corrected chi connectivity index (χ1v) is 4.52. The van der Waals surface area contributed by atoms with E-state index in [1.807, 2.05) is 0 Å². The van der Waals surface area contributed by atoms with E-state index in [-0.39, 0.29) is 6.42 Å². The number of alkyl halides is 1. The normalized spacial score (nSPS) is 12.8. The first-order chi connectivity index (χ1) is 5.66. The van der Waals surface area contributed by atoms with E-state index < -0.39 is 12.1 Å². The fourth-order valence-corrected chi connectivity index (χ4v) is 1.08. The highest BCUT2D eigenvalue weighted by atomic mass is 19.1. The Morgan fingerprint density at radius 1 is 1.42 bits per heavy atom. The van der Waals surface area contributed by atoms with Crippen molar-refractivity contribution in [1.29, 1.82) is 0 Å². The van der Waals surface area contributed by atoms with Gasteiger partial charge in [-0.05, 0) is 6.42 Å². The molecular formula is C9H17FO2. The van der Waals surface area contributed by atoms with Crippen molar-refractivity contribution < 1.29 is 14.3 Å².